The van der Waals surface area contributed by atoms with Gasteiger partial charge in [-0.15, -0.1) is 0 Å². The molecule has 1 aromatic rings. The average Bonchev–Trinajstić information content (AvgIpc) is 2.35. The van der Waals surface area contributed by atoms with E-state index in [0.29, 0.717) is 6.08 Å². The summed E-state index contributed by atoms with van der Waals surface area (Å²) in [7, 11) is 0. The molecule has 0 unspecified atom stereocenters. The maximum absolute atomic E-state index is 12.2. The summed E-state index contributed by atoms with van der Waals surface area (Å²) in [6, 6.07) is 1.53. The minimum atomic E-state index is -3.30. The van der Waals surface area contributed by atoms with E-state index in [4.69, 9.17) is 5.11 Å². The van der Waals surface area contributed by atoms with Crippen LogP contribution in [0, 0.1) is 10.1 Å². The number of aldehydes is 1. The summed E-state index contributed by atoms with van der Waals surface area (Å²) in [6.45, 7) is -3.30. The molecule has 1 N–H and O–H groups in total. The van der Waals surface area contributed by atoms with Gasteiger partial charge >= 0.3 is 18.3 Å². The molecule has 0 aliphatic carbocycles. The number of nitro benzene ring substituents is 1. The van der Waals surface area contributed by atoms with Gasteiger partial charge in [0.15, 0.2) is 6.29 Å². The number of halogens is 2. The van der Waals surface area contributed by atoms with Crippen LogP contribution < -0.4 is 4.74 Å². The highest BCUT2D eigenvalue weighted by molar-refractivity contribution is 5.90. The van der Waals surface area contributed by atoms with Gasteiger partial charge in [-0.25, -0.2) is 4.79 Å². The quantitative estimate of drug-likeness (QED) is 0.371. The van der Waals surface area contributed by atoms with Crippen LogP contribution in [0.5, 0.6) is 5.75 Å². The van der Waals surface area contributed by atoms with E-state index in [1.54, 1.807) is 0 Å². The summed E-state index contributed by atoms with van der Waals surface area (Å²) >= 11 is 0. The predicted octanol–water partition coefficient (Wildman–Crippen LogP) is 2.11. The molecule has 0 heterocycles. The van der Waals surface area contributed by atoms with Crippen LogP contribution in [0.15, 0.2) is 18.2 Å². The summed E-state index contributed by atoms with van der Waals surface area (Å²) in [6.07, 6.45) is 1.83. The van der Waals surface area contributed by atoms with Gasteiger partial charge in [0.1, 0.15) is 0 Å². The van der Waals surface area contributed by atoms with Crippen molar-refractivity contribution in [1.82, 2.24) is 0 Å². The minimum absolute atomic E-state index is 0.0938. The Kier molecular flexibility index (Phi) is 4.84. The number of aliphatic carboxylic acids is 1. The second kappa shape index (κ2) is 6.36. The molecule has 106 valence electrons. The number of carboxylic acids is 1. The fourth-order valence-electron chi connectivity index (χ4n) is 1.34. The van der Waals surface area contributed by atoms with Crippen LogP contribution in [0.1, 0.15) is 15.9 Å². The van der Waals surface area contributed by atoms with Crippen LogP contribution in [-0.2, 0) is 4.79 Å². The number of carbonyl (C=O) groups is 2. The third kappa shape index (κ3) is 3.83. The highest BCUT2D eigenvalue weighted by Gasteiger charge is 2.21. The lowest BCUT2D eigenvalue weighted by Crippen LogP contribution is -2.06. The Hall–Kier alpha value is -2.84. The van der Waals surface area contributed by atoms with Gasteiger partial charge in [0.05, 0.1) is 4.92 Å². The van der Waals surface area contributed by atoms with E-state index in [-0.39, 0.29) is 17.4 Å². The van der Waals surface area contributed by atoms with Gasteiger partial charge in [0, 0.05) is 17.7 Å². The molecule has 0 amide bonds. The van der Waals surface area contributed by atoms with Gasteiger partial charge in [0.25, 0.3) is 0 Å². The summed E-state index contributed by atoms with van der Waals surface area (Å²) in [5.41, 5.74) is -1.14. The summed E-state index contributed by atoms with van der Waals surface area (Å²) in [4.78, 5) is 30.9. The first-order valence-electron chi connectivity index (χ1n) is 4.98. The van der Waals surface area contributed by atoms with Gasteiger partial charge in [-0.1, -0.05) is 0 Å². The van der Waals surface area contributed by atoms with Gasteiger partial charge < -0.3 is 9.84 Å². The van der Waals surface area contributed by atoms with Crippen molar-refractivity contribution in [3.63, 3.8) is 0 Å². The highest BCUT2D eigenvalue weighted by atomic mass is 19.3. The van der Waals surface area contributed by atoms with Gasteiger partial charge in [0.2, 0.25) is 5.75 Å². The SMILES string of the molecule is O=Cc1cc([N+](=O)[O-])c(OC(F)F)cc1/C=C/C(=O)O. The normalized spacial score (nSPS) is 10.8. The molecule has 1 rings (SSSR count). The molecule has 0 radical (unpaired) electrons. The lowest BCUT2D eigenvalue weighted by Gasteiger charge is -2.07. The number of benzene rings is 1. The molecular weight excluding hydrogens is 280 g/mol. The molecule has 0 atom stereocenters. The summed E-state index contributed by atoms with van der Waals surface area (Å²) in [5.74, 6) is -2.10. The minimum Gasteiger partial charge on any atom is -0.478 e. The van der Waals surface area contributed by atoms with Gasteiger partial charge in [-0.05, 0) is 17.7 Å². The van der Waals surface area contributed by atoms with Crippen molar-refractivity contribution >= 4 is 24.0 Å². The first kappa shape index (κ1) is 15.2. The molecule has 0 aliphatic heterocycles. The highest BCUT2D eigenvalue weighted by Crippen LogP contribution is 2.32. The van der Waals surface area contributed by atoms with E-state index in [9.17, 15) is 28.5 Å². The molecule has 0 bridgehead atoms. The van der Waals surface area contributed by atoms with Crippen LogP contribution in [0.4, 0.5) is 14.5 Å². The lowest BCUT2D eigenvalue weighted by molar-refractivity contribution is -0.386. The Labute approximate surface area is 110 Å². The van der Waals surface area contributed by atoms with E-state index in [2.05, 4.69) is 4.74 Å². The summed E-state index contributed by atoms with van der Waals surface area (Å²) < 4.78 is 28.3. The molecular formula is C11H7F2NO6. The molecule has 7 nitrogen and oxygen atoms in total. The van der Waals surface area contributed by atoms with E-state index in [1.165, 1.54) is 0 Å². The maximum Gasteiger partial charge on any atom is 0.387 e. The van der Waals surface area contributed by atoms with Crippen LogP contribution >= 0.6 is 0 Å². The van der Waals surface area contributed by atoms with E-state index >= 15 is 0 Å². The molecule has 0 fully saturated rings. The number of carbonyl (C=O) groups excluding carboxylic acids is 1. The average molecular weight is 287 g/mol. The maximum atomic E-state index is 12.2. The number of rotatable bonds is 6. The second-order valence-corrected chi connectivity index (χ2v) is 3.37. The Balaban J connectivity index is 3.40. The van der Waals surface area contributed by atoms with Gasteiger partial charge in [-0.3, -0.25) is 14.9 Å². The largest absolute Gasteiger partial charge is 0.478 e. The molecule has 20 heavy (non-hydrogen) atoms. The van der Waals surface area contributed by atoms with Crippen molar-refractivity contribution in [3.05, 3.63) is 39.4 Å². The lowest BCUT2D eigenvalue weighted by atomic mass is 10.1. The van der Waals surface area contributed by atoms with Crippen LogP contribution in [0.2, 0.25) is 0 Å². The van der Waals surface area contributed by atoms with Crippen LogP contribution in [-0.4, -0.2) is 28.9 Å². The van der Waals surface area contributed by atoms with Crippen molar-refractivity contribution in [2.45, 2.75) is 6.61 Å². The first-order chi connectivity index (χ1) is 9.35. The van der Waals surface area contributed by atoms with Gasteiger partial charge in [-0.2, -0.15) is 8.78 Å². The van der Waals surface area contributed by atoms with Crippen molar-refractivity contribution in [2.75, 3.05) is 0 Å². The zero-order valence-corrected chi connectivity index (χ0v) is 9.66. The third-order valence-electron chi connectivity index (χ3n) is 2.11. The topological polar surface area (TPSA) is 107 Å². The van der Waals surface area contributed by atoms with Crippen molar-refractivity contribution in [3.8, 4) is 5.75 Å². The number of hydrogen-bond donors (Lipinski definition) is 1. The third-order valence-corrected chi connectivity index (χ3v) is 2.11. The van der Waals surface area contributed by atoms with Crippen molar-refractivity contribution < 1.29 is 33.1 Å². The standard InChI is InChI=1S/C11H7F2NO6/c12-11(13)20-9-4-6(1-2-10(16)17)7(5-15)3-8(9)14(18)19/h1-5,11H,(H,16,17)/b2-1+. The van der Waals surface area contributed by atoms with E-state index < -0.39 is 28.9 Å². The second-order valence-electron chi connectivity index (χ2n) is 3.37. The fraction of sp³-hybridized carbons (Fsp3) is 0.0909. The smallest absolute Gasteiger partial charge is 0.387 e. The van der Waals surface area contributed by atoms with E-state index in [1.807, 2.05) is 0 Å². The summed E-state index contributed by atoms with van der Waals surface area (Å²) in [5, 5.41) is 19.2. The molecule has 0 saturated heterocycles. The zero-order valence-electron chi connectivity index (χ0n) is 9.66. The first-order valence-corrected chi connectivity index (χ1v) is 4.98. The molecule has 0 saturated carbocycles. The molecule has 0 aromatic heterocycles. The van der Waals surface area contributed by atoms with Crippen molar-refractivity contribution in [2.24, 2.45) is 0 Å². The zero-order chi connectivity index (χ0) is 15.3. The Bertz CT molecular complexity index is 585. The van der Waals surface area contributed by atoms with Crippen molar-refractivity contribution in [1.29, 1.82) is 0 Å². The molecule has 0 aliphatic rings. The Morgan fingerprint density at radius 3 is 2.50 bits per heavy atom. The number of nitro groups is 1. The predicted molar refractivity (Wildman–Crippen MR) is 61.8 cm³/mol. The fourth-order valence-corrected chi connectivity index (χ4v) is 1.34. The number of carboxylic acid groups (broad SMARTS) is 1. The molecule has 1 aromatic carbocycles. The van der Waals surface area contributed by atoms with Crippen LogP contribution in [0.3, 0.4) is 0 Å². The Morgan fingerprint density at radius 1 is 1.40 bits per heavy atom. The number of alkyl halides is 2. The Morgan fingerprint density at radius 2 is 2.05 bits per heavy atom. The van der Waals surface area contributed by atoms with E-state index in [0.717, 1.165) is 18.2 Å². The molecule has 9 heteroatoms. The van der Waals surface area contributed by atoms with Crippen LogP contribution in [0.25, 0.3) is 6.08 Å². The number of ether oxygens (including phenoxy) is 1. The molecule has 0 spiro atoms. The number of hydrogen-bond acceptors (Lipinski definition) is 5. The number of nitrogens with zero attached hydrogens (tertiary/aromatic N) is 1. The monoisotopic (exact) mass is 287 g/mol.